The van der Waals surface area contributed by atoms with Crippen LogP contribution in [0.4, 0.5) is 0 Å². The van der Waals surface area contributed by atoms with Crippen LogP contribution in [0, 0.1) is 0 Å². The highest BCUT2D eigenvalue weighted by molar-refractivity contribution is 5.80. The molecule has 0 radical (unpaired) electrons. The molecule has 1 N–H and O–H groups in total. The number of fused-ring (bicyclic) bond motifs is 1. The van der Waals surface area contributed by atoms with Gasteiger partial charge in [0.15, 0.2) is 0 Å². The summed E-state index contributed by atoms with van der Waals surface area (Å²) in [5, 5.41) is 8.88. The van der Waals surface area contributed by atoms with E-state index in [1.54, 1.807) is 10.9 Å². The number of rotatable bonds is 3. The Hall–Kier alpha value is -2.67. The summed E-state index contributed by atoms with van der Waals surface area (Å²) in [4.78, 5) is 19.2. The van der Waals surface area contributed by atoms with Gasteiger partial charge in [-0.2, -0.15) is 5.10 Å². The lowest BCUT2D eigenvalue weighted by Crippen LogP contribution is -2.50. The summed E-state index contributed by atoms with van der Waals surface area (Å²) in [5.74, 6) is 0.971. The van der Waals surface area contributed by atoms with Crippen molar-refractivity contribution in [2.24, 2.45) is 7.05 Å². The van der Waals surface area contributed by atoms with Crippen molar-refractivity contribution in [2.75, 3.05) is 19.6 Å². The second-order valence-electron chi connectivity index (χ2n) is 6.09. The lowest BCUT2D eigenvalue weighted by Gasteiger charge is -2.35. The number of nitrogens with zero attached hydrogens (tertiary/aromatic N) is 5. The lowest BCUT2D eigenvalue weighted by molar-refractivity contribution is -0.135. The van der Waals surface area contributed by atoms with Gasteiger partial charge in [-0.15, -0.1) is 0 Å². The van der Waals surface area contributed by atoms with Crippen LogP contribution in [0.25, 0.3) is 10.9 Å². The van der Waals surface area contributed by atoms with Gasteiger partial charge < -0.3 is 14.8 Å². The van der Waals surface area contributed by atoms with E-state index in [0.717, 1.165) is 29.8 Å². The van der Waals surface area contributed by atoms with Crippen molar-refractivity contribution in [1.82, 2.24) is 29.5 Å². The molecule has 3 aromatic rings. The lowest BCUT2D eigenvalue weighted by atomic mass is 10.1. The molecule has 2 aromatic heterocycles. The first-order chi connectivity index (χ1) is 11.7. The molecule has 0 bridgehead atoms. The van der Waals surface area contributed by atoms with Crippen LogP contribution in [0.2, 0.25) is 0 Å². The van der Waals surface area contributed by atoms with Crippen LogP contribution in [0.5, 0.6) is 0 Å². The standard InChI is InChI=1S/C17H20N6O/c1-21-8-7-19-17(21)15-10-18-6-9-23(15)16(24)12-22-11-13-4-2-3-5-14(13)20-22/h2-5,7-8,11,15,18H,6,9-10,12H2,1H3. The second kappa shape index (κ2) is 6.09. The van der Waals surface area contributed by atoms with Crippen LogP contribution in [-0.4, -0.2) is 49.8 Å². The highest BCUT2D eigenvalue weighted by Crippen LogP contribution is 2.21. The number of amides is 1. The fourth-order valence-electron chi connectivity index (χ4n) is 3.26. The number of aromatic nitrogens is 4. The summed E-state index contributed by atoms with van der Waals surface area (Å²) in [6.07, 6.45) is 5.60. The third kappa shape index (κ3) is 2.67. The molecule has 7 nitrogen and oxygen atoms in total. The summed E-state index contributed by atoms with van der Waals surface area (Å²) < 4.78 is 3.70. The molecule has 3 heterocycles. The van der Waals surface area contributed by atoms with E-state index in [1.165, 1.54) is 0 Å². The smallest absolute Gasteiger partial charge is 0.245 e. The minimum absolute atomic E-state index is 0.0452. The Morgan fingerprint density at radius 2 is 2.25 bits per heavy atom. The molecule has 1 aromatic carbocycles. The molecule has 1 unspecified atom stereocenters. The summed E-state index contributed by atoms with van der Waals surface area (Å²) in [7, 11) is 1.96. The number of piperazine rings is 1. The van der Waals surface area contributed by atoms with E-state index in [1.807, 2.05) is 53.2 Å². The van der Waals surface area contributed by atoms with Gasteiger partial charge in [-0.1, -0.05) is 18.2 Å². The summed E-state index contributed by atoms with van der Waals surface area (Å²) >= 11 is 0. The van der Waals surface area contributed by atoms with Gasteiger partial charge in [0, 0.05) is 50.7 Å². The highest BCUT2D eigenvalue weighted by atomic mass is 16.2. The van der Waals surface area contributed by atoms with Gasteiger partial charge in [0.1, 0.15) is 18.4 Å². The number of imidazole rings is 1. The van der Waals surface area contributed by atoms with E-state index in [-0.39, 0.29) is 18.5 Å². The van der Waals surface area contributed by atoms with Crippen molar-refractivity contribution in [3.05, 3.63) is 48.7 Å². The zero-order valence-electron chi connectivity index (χ0n) is 13.6. The Morgan fingerprint density at radius 3 is 3.04 bits per heavy atom. The third-order valence-corrected chi connectivity index (χ3v) is 4.48. The van der Waals surface area contributed by atoms with E-state index < -0.39 is 0 Å². The number of hydrogen-bond donors (Lipinski definition) is 1. The minimum Gasteiger partial charge on any atom is -0.336 e. The van der Waals surface area contributed by atoms with Crippen molar-refractivity contribution in [1.29, 1.82) is 0 Å². The molecule has 1 aliphatic rings. The fourth-order valence-corrected chi connectivity index (χ4v) is 3.26. The van der Waals surface area contributed by atoms with Crippen LogP contribution in [0.1, 0.15) is 11.9 Å². The van der Waals surface area contributed by atoms with Crippen molar-refractivity contribution in [2.45, 2.75) is 12.6 Å². The Morgan fingerprint density at radius 1 is 1.38 bits per heavy atom. The quantitative estimate of drug-likeness (QED) is 0.779. The van der Waals surface area contributed by atoms with E-state index in [9.17, 15) is 4.79 Å². The van der Waals surface area contributed by atoms with Gasteiger partial charge in [-0.05, 0) is 6.07 Å². The number of nitrogens with one attached hydrogen (secondary N) is 1. The number of aryl methyl sites for hydroxylation is 1. The monoisotopic (exact) mass is 324 g/mol. The molecule has 1 fully saturated rings. The molecular formula is C17H20N6O. The summed E-state index contributed by atoms with van der Waals surface area (Å²) in [6, 6.07) is 7.84. The van der Waals surface area contributed by atoms with E-state index >= 15 is 0 Å². The summed E-state index contributed by atoms with van der Waals surface area (Å²) in [5.41, 5.74) is 0.909. The number of benzene rings is 1. The SMILES string of the molecule is Cn1ccnc1C1CNCCN1C(=O)Cn1cc2ccccc2n1. The maximum Gasteiger partial charge on any atom is 0.245 e. The fraction of sp³-hybridized carbons (Fsp3) is 0.353. The van der Waals surface area contributed by atoms with E-state index in [0.29, 0.717) is 6.54 Å². The molecule has 0 aliphatic carbocycles. The van der Waals surface area contributed by atoms with Gasteiger partial charge in [0.2, 0.25) is 5.91 Å². The van der Waals surface area contributed by atoms with Crippen LogP contribution >= 0.6 is 0 Å². The maximum atomic E-state index is 12.9. The molecule has 0 saturated carbocycles. The molecule has 1 saturated heterocycles. The average molecular weight is 324 g/mol. The van der Waals surface area contributed by atoms with Gasteiger partial charge >= 0.3 is 0 Å². The predicted molar refractivity (Wildman–Crippen MR) is 90.3 cm³/mol. The van der Waals surface area contributed by atoms with Crippen molar-refractivity contribution in [3.8, 4) is 0 Å². The predicted octanol–water partition coefficient (Wildman–Crippen LogP) is 0.943. The second-order valence-corrected chi connectivity index (χ2v) is 6.09. The van der Waals surface area contributed by atoms with Gasteiger partial charge in [-0.25, -0.2) is 4.98 Å². The zero-order valence-corrected chi connectivity index (χ0v) is 13.6. The molecule has 4 rings (SSSR count). The van der Waals surface area contributed by atoms with Crippen molar-refractivity contribution >= 4 is 16.8 Å². The topological polar surface area (TPSA) is 68.0 Å². The molecule has 124 valence electrons. The molecule has 24 heavy (non-hydrogen) atoms. The number of carbonyl (C=O) groups excluding carboxylic acids is 1. The first-order valence-corrected chi connectivity index (χ1v) is 8.12. The van der Waals surface area contributed by atoms with E-state index in [4.69, 9.17) is 0 Å². The first kappa shape index (κ1) is 14.9. The van der Waals surface area contributed by atoms with Crippen LogP contribution in [0.3, 0.4) is 0 Å². The molecule has 1 amide bonds. The van der Waals surface area contributed by atoms with Gasteiger partial charge in [0.25, 0.3) is 0 Å². The zero-order chi connectivity index (χ0) is 16.5. The van der Waals surface area contributed by atoms with E-state index in [2.05, 4.69) is 15.4 Å². The number of hydrogen-bond acceptors (Lipinski definition) is 4. The first-order valence-electron chi connectivity index (χ1n) is 8.12. The van der Waals surface area contributed by atoms with Crippen LogP contribution < -0.4 is 5.32 Å². The number of carbonyl (C=O) groups is 1. The molecule has 1 aliphatic heterocycles. The third-order valence-electron chi connectivity index (χ3n) is 4.48. The normalized spacial score (nSPS) is 18.2. The maximum absolute atomic E-state index is 12.9. The molecule has 1 atom stereocenters. The van der Waals surface area contributed by atoms with Gasteiger partial charge in [-0.3, -0.25) is 9.48 Å². The molecular weight excluding hydrogens is 304 g/mol. The van der Waals surface area contributed by atoms with Crippen molar-refractivity contribution in [3.63, 3.8) is 0 Å². The Balaban J connectivity index is 1.56. The minimum atomic E-state index is -0.0452. The largest absolute Gasteiger partial charge is 0.336 e. The van der Waals surface area contributed by atoms with Crippen LogP contribution in [0.15, 0.2) is 42.9 Å². The Bertz CT molecular complexity index is 834. The van der Waals surface area contributed by atoms with Crippen molar-refractivity contribution < 1.29 is 4.79 Å². The van der Waals surface area contributed by atoms with Crippen LogP contribution in [-0.2, 0) is 18.4 Å². The summed E-state index contributed by atoms with van der Waals surface area (Å²) in [6.45, 7) is 2.44. The van der Waals surface area contributed by atoms with Gasteiger partial charge in [0.05, 0.1) is 5.52 Å². The highest BCUT2D eigenvalue weighted by Gasteiger charge is 2.30. The molecule has 7 heteroatoms. The Kier molecular flexibility index (Phi) is 3.78. The molecule has 0 spiro atoms. The average Bonchev–Trinajstić information content (AvgIpc) is 3.20. The Labute approximate surface area is 139 Å².